The molecule has 0 radical (unpaired) electrons. The number of aliphatic imine (C=N–C) groups is 1. The van der Waals surface area contributed by atoms with Crippen molar-refractivity contribution in [3.63, 3.8) is 0 Å². The van der Waals surface area contributed by atoms with Crippen LogP contribution < -0.4 is 11.5 Å². The molecule has 4 N–H and O–H groups in total. The van der Waals surface area contributed by atoms with E-state index < -0.39 is 0 Å². The lowest BCUT2D eigenvalue weighted by atomic mass is 9.94. The van der Waals surface area contributed by atoms with Crippen LogP contribution in [-0.2, 0) is 9.59 Å². The van der Waals surface area contributed by atoms with Crippen molar-refractivity contribution in [1.82, 2.24) is 0 Å². The zero-order valence-corrected chi connectivity index (χ0v) is 9.32. The van der Waals surface area contributed by atoms with Crippen molar-refractivity contribution < 1.29 is 9.59 Å². The Hall–Kier alpha value is -1.39. The summed E-state index contributed by atoms with van der Waals surface area (Å²) >= 11 is 0. The van der Waals surface area contributed by atoms with E-state index in [9.17, 15) is 9.59 Å². The van der Waals surface area contributed by atoms with Crippen LogP contribution in [0.3, 0.4) is 0 Å². The Morgan fingerprint density at radius 1 is 1.27 bits per heavy atom. The van der Waals surface area contributed by atoms with E-state index in [-0.39, 0.29) is 23.4 Å². The first-order chi connectivity index (χ1) is 6.93. The van der Waals surface area contributed by atoms with Gasteiger partial charge in [-0.25, -0.2) is 0 Å². The molecule has 0 fully saturated rings. The minimum Gasteiger partial charge on any atom is -0.370 e. The summed E-state index contributed by atoms with van der Waals surface area (Å²) in [6.07, 6.45) is 1.69. The summed E-state index contributed by atoms with van der Waals surface area (Å²) in [4.78, 5) is 25.9. The van der Waals surface area contributed by atoms with Gasteiger partial charge in [0.05, 0.1) is 0 Å². The molecule has 0 rings (SSSR count). The highest BCUT2D eigenvalue weighted by atomic mass is 16.1. The number of Topliss-reactive ketones (excluding diaryl/α,β-unsaturated/α-hetero) is 2. The molecule has 0 saturated carbocycles. The lowest BCUT2D eigenvalue weighted by Crippen LogP contribution is -2.23. The van der Waals surface area contributed by atoms with Gasteiger partial charge in [0, 0.05) is 18.9 Å². The third kappa shape index (κ3) is 7.66. The monoisotopic (exact) mass is 213 g/mol. The van der Waals surface area contributed by atoms with E-state index in [0.29, 0.717) is 19.4 Å². The Morgan fingerprint density at radius 3 is 2.27 bits per heavy atom. The molecule has 0 aliphatic carbocycles. The van der Waals surface area contributed by atoms with Gasteiger partial charge < -0.3 is 16.3 Å². The maximum Gasteiger partial charge on any atom is 0.185 e. The van der Waals surface area contributed by atoms with E-state index >= 15 is 0 Å². The maximum absolute atomic E-state index is 11.2. The molecule has 0 aliphatic rings. The second-order valence-electron chi connectivity index (χ2n) is 3.66. The summed E-state index contributed by atoms with van der Waals surface area (Å²) < 4.78 is 0. The molecule has 0 heterocycles. The predicted octanol–water partition coefficient (Wildman–Crippen LogP) is 0.224. The molecule has 0 amide bonds. The number of rotatable bonds is 7. The Morgan fingerprint density at radius 2 is 1.87 bits per heavy atom. The molecule has 0 aromatic rings. The van der Waals surface area contributed by atoms with Gasteiger partial charge >= 0.3 is 0 Å². The summed E-state index contributed by atoms with van der Waals surface area (Å²) in [5.74, 6) is -0.0374. The number of carbonyl (C=O) groups excluding carboxylic acids is 2. The Balaban J connectivity index is 3.92. The molecule has 1 unspecified atom stereocenters. The van der Waals surface area contributed by atoms with Crippen molar-refractivity contribution in [2.75, 3.05) is 6.54 Å². The molecule has 0 spiro atoms. The summed E-state index contributed by atoms with van der Waals surface area (Å²) in [7, 11) is 0. The summed E-state index contributed by atoms with van der Waals surface area (Å²) in [5, 5.41) is 0. The fraction of sp³-hybridized carbons (Fsp3) is 0.700. The first-order valence-corrected chi connectivity index (χ1v) is 4.98. The van der Waals surface area contributed by atoms with E-state index in [0.717, 1.165) is 6.42 Å². The average molecular weight is 213 g/mol. The predicted molar refractivity (Wildman–Crippen MR) is 59.4 cm³/mol. The number of hydrogen-bond donors (Lipinski definition) is 2. The van der Waals surface area contributed by atoms with Gasteiger partial charge in [-0.15, -0.1) is 0 Å². The first-order valence-electron chi connectivity index (χ1n) is 4.98. The van der Waals surface area contributed by atoms with Crippen molar-refractivity contribution in [3.05, 3.63) is 0 Å². The van der Waals surface area contributed by atoms with E-state index in [4.69, 9.17) is 11.5 Å². The first kappa shape index (κ1) is 13.6. The third-order valence-electron chi connectivity index (χ3n) is 2.11. The van der Waals surface area contributed by atoms with Crippen molar-refractivity contribution in [1.29, 1.82) is 0 Å². The zero-order valence-electron chi connectivity index (χ0n) is 9.32. The van der Waals surface area contributed by atoms with Crippen molar-refractivity contribution in [2.45, 2.75) is 33.1 Å². The van der Waals surface area contributed by atoms with E-state index in [1.54, 1.807) is 0 Å². The Kier molecular flexibility index (Phi) is 6.33. The zero-order chi connectivity index (χ0) is 11.8. The molecular weight excluding hydrogens is 194 g/mol. The smallest absolute Gasteiger partial charge is 0.185 e. The van der Waals surface area contributed by atoms with Gasteiger partial charge in [0.1, 0.15) is 11.6 Å². The van der Waals surface area contributed by atoms with Crippen LogP contribution in [0.1, 0.15) is 33.1 Å². The van der Waals surface area contributed by atoms with Crippen LogP contribution in [0.25, 0.3) is 0 Å². The van der Waals surface area contributed by atoms with Gasteiger partial charge in [-0.2, -0.15) is 0 Å². The van der Waals surface area contributed by atoms with E-state index in [1.807, 2.05) is 0 Å². The SMILES string of the molecule is CC(=O)CC(CCCN=C(N)N)C(C)=O. The quantitative estimate of drug-likeness (QED) is 0.359. The molecule has 5 nitrogen and oxygen atoms in total. The molecular formula is C10H19N3O2. The molecule has 0 aromatic carbocycles. The number of hydrogen-bond acceptors (Lipinski definition) is 3. The largest absolute Gasteiger partial charge is 0.370 e. The van der Waals surface area contributed by atoms with Crippen LogP contribution in [0.5, 0.6) is 0 Å². The average Bonchev–Trinajstić information content (AvgIpc) is 2.08. The van der Waals surface area contributed by atoms with Crippen LogP contribution in [-0.4, -0.2) is 24.1 Å². The van der Waals surface area contributed by atoms with Crippen LogP contribution in [0, 0.1) is 5.92 Å². The molecule has 15 heavy (non-hydrogen) atoms. The second kappa shape index (κ2) is 6.98. The molecule has 0 aliphatic heterocycles. The van der Waals surface area contributed by atoms with Crippen LogP contribution in [0.4, 0.5) is 0 Å². The third-order valence-corrected chi connectivity index (χ3v) is 2.11. The van der Waals surface area contributed by atoms with Gasteiger partial charge in [0.15, 0.2) is 5.96 Å². The van der Waals surface area contributed by atoms with Gasteiger partial charge in [0.25, 0.3) is 0 Å². The Bertz CT molecular complexity index is 257. The fourth-order valence-electron chi connectivity index (χ4n) is 1.34. The van der Waals surface area contributed by atoms with Crippen LogP contribution in [0.2, 0.25) is 0 Å². The van der Waals surface area contributed by atoms with E-state index in [1.165, 1.54) is 13.8 Å². The fourth-order valence-corrected chi connectivity index (χ4v) is 1.34. The molecule has 0 bridgehead atoms. The highest BCUT2D eigenvalue weighted by molar-refractivity contribution is 5.85. The van der Waals surface area contributed by atoms with Gasteiger partial charge in [0.2, 0.25) is 0 Å². The van der Waals surface area contributed by atoms with Gasteiger partial charge in [-0.3, -0.25) is 9.79 Å². The van der Waals surface area contributed by atoms with Crippen LogP contribution >= 0.6 is 0 Å². The topological polar surface area (TPSA) is 98.5 Å². The number of carbonyl (C=O) groups is 2. The summed E-state index contributed by atoms with van der Waals surface area (Å²) in [5.41, 5.74) is 10.3. The summed E-state index contributed by atoms with van der Waals surface area (Å²) in [6.45, 7) is 3.50. The molecule has 5 heteroatoms. The number of guanidine groups is 1. The second-order valence-corrected chi connectivity index (χ2v) is 3.66. The van der Waals surface area contributed by atoms with Crippen molar-refractivity contribution >= 4 is 17.5 Å². The number of nitrogens with two attached hydrogens (primary N) is 2. The van der Waals surface area contributed by atoms with E-state index in [2.05, 4.69) is 4.99 Å². The van der Waals surface area contributed by atoms with Crippen molar-refractivity contribution in [2.24, 2.45) is 22.4 Å². The maximum atomic E-state index is 11.2. The minimum absolute atomic E-state index is 0.0389. The van der Waals surface area contributed by atoms with Gasteiger partial charge in [-0.1, -0.05) is 0 Å². The highest BCUT2D eigenvalue weighted by Gasteiger charge is 2.15. The normalized spacial score (nSPS) is 11.9. The standard InChI is InChI=1S/C10H19N3O2/c1-7(14)6-9(8(2)15)4-3-5-13-10(11)12/h9H,3-6H2,1-2H3,(H4,11,12,13). The number of ketones is 2. The highest BCUT2D eigenvalue weighted by Crippen LogP contribution is 2.13. The van der Waals surface area contributed by atoms with Crippen molar-refractivity contribution in [3.8, 4) is 0 Å². The molecule has 0 aromatic heterocycles. The molecule has 86 valence electrons. The summed E-state index contributed by atoms with van der Waals surface area (Å²) in [6, 6.07) is 0. The number of nitrogens with zero attached hydrogens (tertiary/aromatic N) is 1. The Labute approximate surface area is 89.9 Å². The van der Waals surface area contributed by atoms with Gasteiger partial charge in [-0.05, 0) is 26.7 Å². The van der Waals surface area contributed by atoms with Crippen LogP contribution in [0.15, 0.2) is 4.99 Å². The minimum atomic E-state index is -0.184. The molecule has 0 saturated heterocycles. The lowest BCUT2D eigenvalue weighted by molar-refractivity contribution is -0.126. The lowest BCUT2D eigenvalue weighted by Gasteiger charge is -2.10. The molecule has 1 atom stereocenters.